The third kappa shape index (κ3) is 2.63. The Bertz CT molecular complexity index is 567. The minimum atomic E-state index is -3.68. The van der Waals surface area contributed by atoms with E-state index in [1.165, 1.54) is 22.8 Å². The second-order valence-corrected chi connectivity index (χ2v) is 6.34. The molecule has 2 heterocycles. The summed E-state index contributed by atoms with van der Waals surface area (Å²) in [5, 5.41) is 0. The molecule has 18 heavy (non-hydrogen) atoms. The predicted octanol–water partition coefficient (Wildman–Crippen LogP) is -0.299. The molecule has 0 radical (unpaired) electrons. The lowest BCUT2D eigenvalue weighted by Crippen LogP contribution is -2.36. The molecule has 1 saturated heterocycles. The lowest BCUT2D eigenvalue weighted by molar-refractivity contribution is 0.347. The SMILES string of the molecule is CN1CCCN(S(=O)(=O)c2c[nH]ccc2=O)CC1. The van der Waals surface area contributed by atoms with Crippen molar-refractivity contribution in [3.63, 3.8) is 0 Å². The number of aromatic amines is 1. The van der Waals surface area contributed by atoms with Crippen molar-refractivity contribution in [2.45, 2.75) is 11.3 Å². The summed E-state index contributed by atoms with van der Waals surface area (Å²) in [7, 11) is -1.71. The van der Waals surface area contributed by atoms with Gasteiger partial charge in [0.15, 0.2) is 0 Å². The molecule has 1 aliphatic heterocycles. The summed E-state index contributed by atoms with van der Waals surface area (Å²) in [5.41, 5.74) is -0.466. The monoisotopic (exact) mass is 271 g/mol. The van der Waals surface area contributed by atoms with Crippen LogP contribution in [0.5, 0.6) is 0 Å². The molecule has 0 unspecified atom stereocenters. The largest absolute Gasteiger partial charge is 0.366 e. The van der Waals surface area contributed by atoms with Gasteiger partial charge in [-0.1, -0.05) is 0 Å². The van der Waals surface area contributed by atoms with E-state index in [1.54, 1.807) is 0 Å². The lowest BCUT2D eigenvalue weighted by Gasteiger charge is -2.19. The summed E-state index contributed by atoms with van der Waals surface area (Å²) < 4.78 is 26.1. The van der Waals surface area contributed by atoms with Gasteiger partial charge in [0.25, 0.3) is 0 Å². The lowest BCUT2D eigenvalue weighted by atomic mass is 10.4. The van der Waals surface area contributed by atoms with Gasteiger partial charge in [-0.2, -0.15) is 4.31 Å². The molecular formula is C11H17N3O3S. The van der Waals surface area contributed by atoms with Crippen LogP contribution in [0.3, 0.4) is 0 Å². The van der Waals surface area contributed by atoms with E-state index in [2.05, 4.69) is 9.88 Å². The topological polar surface area (TPSA) is 73.5 Å². The van der Waals surface area contributed by atoms with E-state index >= 15 is 0 Å². The normalized spacial score (nSPS) is 19.6. The fourth-order valence-corrected chi connectivity index (χ4v) is 3.51. The first kappa shape index (κ1) is 13.3. The molecule has 1 aliphatic rings. The summed E-state index contributed by atoms with van der Waals surface area (Å²) in [6.07, 6.45) is 3.46. The molecule has 1 fully saturated rings. The van der Waals surface area contributed by atoms with Crippen LogP contribution in [0.15, 0.2) is 28.2 Å². The highest BCUT2D eigenvalue weighted by atomic mass is 32.2. The van der Waals surface area contributed by atoms with Crippen molar-refractivity contribution in [3.05, 3.63) is 28.7 Å². The van der Waals surface area contributed by atoms with Crippen LogP contribution >= 0.6 is 0 Å². The molecule has 0 aliphatic carbocycles. The Balaban J connectivity index is 2.31. The van der Waals surface area contributed by atoms with Crippen LogP contribution in [0.4, 0.5) is 0 Å². The maximum absolute atomic E-state index is 12.4. The third-order valence-corrected chi connectivity index (χ3v) is 5.00. The summed E-state index contributed by atoms with van der Waals surface area (Å²) in [4.78, 5) is 16.2. The number of hydrogen-bond donors (Lipinski definition) is 1. The van der Waals surface area contributed by atoms with Crippen LogP contribution in [-0.2, 0) is 10.0 Å². The number of hydrogen-bond acceptors (Lipinski definition) is 4. The Labute approximate surface area is 106 Å². The van der Waals surface area contributed by atoms with E-state index in [-0.39, 0.29) is 4.90 Å². The fourth-order valence-electron chi connectivity index (χ4n) is 2.00. The zero-order chi connectivity index (χ0) is 13.2. The van der Waals surface area contributed by atoms with Gasteiger partial charge in [-0.3, -0.25) is 4.79 Å². The van der Waals surface area contributed by atoms with Crippen LogP contribution in [0.1, 0.15) is 6.42 Å². The van der Waals surface area contributed by atoms with Crippen LogP contribution < -0.4 is 5.43 Å². The van der Waals surface area contributed by atoms with Crippen molar-refractivity contribution in [2.24, 2.45) is 0 Å². The van der Waals surface area contributed by atoms with Crippen molar-refractivity contribution >= 4 is 10.0 Å². The molecule has 0 bridgehead atoms. The van der Waals surface area contributed by atoms with Crippen molar-refractivity contribution < 1.29 is 8.42 Å². The number of likely N-dealkylation sites (N-methyl/N-ethyl adjacent to an activating group) is 1. The first-order chi connectivity index (χ1) is 8.51. The Hall–Kier alpha value is -1.18. The van der Waals surface area contributed by atoms with Crippen LogP contribution in [0.25, 0.3) is 0 Å². The molecule has 6 nitrogen and oxygen atoms in total. The summed E-state index contributed by atoms with van der Waals surface area (Å²) in [6.45, 7) is 2.44. The maximum Gasteiger partial charge on any atom is 0.248 e. The molecule has 0 amide bonds. The van der Waals surface area contributed by atoms with Gasteiger partial charge in [-0.25, -0.2) is 8.42 Å². The van der Waals surface area contributed by atoms with Crippen LogP contribution in [-0.4, -0.2) is 55.8 Å². The molecule has 0 saturated carbocycles. The molecule has 0 aromatic carbocycles. The highest BCUT2D eigenvalue weighted by Gasteiger charge is 2.27. The highest BCUT2D eigenvalue weighted by Crippen LogP contribution is 2.13. The summed E-state index contributed by atoms with van der Waals surface area (Å²) >= 11 is 0. The molecule has 0 atom stereocenters. The molecule has 1 aromatic heterocycles. The standard InChI is InChI=1S/C11H17N3O3S/c1-13-5-2-6-14(8-7-13)18(16,17)11-9-12-4-3-10(11)15/h3-4,9H,2,5-8H2,1H3,(H,12,15). The smallest absolute Gasteiger partial charge is 0.248 e. The van der Waals surface area contributed by atoms with E-state index in [4.69, 9.17) is 0 Å². The maximum atomic E-state index is 12.4. The number of rotatable bonds is 2. The average Bonchev–Trinajstić information content (AvgIpc) is 2.54. The van der Waals surface area contributed by atoms with Gasteiger partial charge in [-0.15, -0.1) is 0 Å². The second-order valence-electron chi connectivity index (χ2n) is 4.43. The quantitative estimate of drug-likeness (QED) is 0.801. The average molecular weight is 271 g/mol. The number of pyridine rings is 1. The Morgan fingerprint density at radius 3 is 2.72 bits per heavy atom. The number of nitrogens with zero attached hydrogens (tertiary/aromatic N) is 2. The van der Waals surface area contributed by atoms with Gasteiger partial charge in [0.05, 0.1) is 0 Å². The van der Waals surface area contributed by atoms with E-state index in [0.29, 0.717) is 19.6 Å². The van der Waals surface area contributed by atoms with Gasteiger partial charge in [0.2, 0.25) is 15.5 Å². The molecule has 1 aromatic rings. The van der Waals surface area contributed by atoms with E-state index in [1.807, 2.05) is 7.05 Å². The summed E-state index contributed by atoms with van der Waals surface area (Å²) in [5.74, 6) is 0. The van der Waals surface area contributed by atoms with Gasteiger partial charge >= 0.3 is 0 Å². The van der Waals surface area contributed by atoms with Crippen LogP contribution in [0, 0.1) is 0 Å². The van der Waals surface area contributed by atoms with E-state index in [9.17, 15) is 13.2 Å². The van der Waals surface area contributed by atoms with Crippen LogP contribution in [0.2, 0.25) is 0 Å². The third-order valence-electron chi connectivity index (χ3n) is 3.08. The minimum Gasteiger partial charge on any atom is -0.366 e. The molecule has 1 N–H and O–H groups in total. The Kier molecular flexibility index (Phi) is 3.84. The number of nitrogens with one attached hydrogen (secondary N) is 1. The Morgan fingerprint density at radius 1 is 1.22 bits per heavy atom. The van der Waals surface area contributed by atoms with Gasteiger partial charge in [0.1, 0.15) is 4.90 Å². The fraction of sp³-hybridized carbons (Fsp3) is 0.545. The first-order valence-electron chi connectivity index (χ1n) is 5.87. The molecule has 0 spiro atoms. The van der Waals surface area contributed by atoms with Crippen molar-refractivity contribution in [3.8, 4) is 0 Å². The van der Waals surface area contributed by atoms with E-state index in [0.717, 1.165) is 13.0 Å². The molecular weight excluding hydrogens is 254 g/mol. The van der Waals surface area contributed by atoms with E-state index < -0.39 is 15.5 Å². The van der Waals surface area contributed by atoms with Crippen molar-refractivity contribution in [1.82, 2.24) is 14.2 Å². The van der Waals surface area contributed by atoms with Crippen molar-refractivity contribution in [2.75, 3.05) is 33.2 Å². The zero-order valence-electron chi connectivity index (χ0n) is 10.3. The molecule has 7 heteroatoms. The zero-order valence-corrected chi connectivity index (χ0v) is 11.1. The van der Waals surface area contributed by atoms with Crippen molar-refractivity contribution in [1.29, 1.82) is 0 Å². The Morgan fingerprint density at radius 2 is 2.00 bits per heavy atom. The van der Waals surface area contributed by atoms with Gasteiger partial charge in [0, 0.05) is 38.1 Å². The minimum absolute atomic E-state index is 0.172. The predicted molar refractivity (Wildman–Crippen MR) is 67.9 cm³/mol. The summed E-state index contributed by atoms with van der Waals surface area (Å²) in [6, 6.07) is 1.23. The molecule has 100 valence electrons. The van der Waals surface area contributed by atoms with Gasteiger partial charge < -0.3 is 9.88 Å². The first-order valence-corrected chi connectivity index (χ1v) is 7.31. The van der Waals surface area contributed by atoms with Gasteiger partial charge in [-0.05, 0) is 20.0 Å². The highest BCUT2D eigenvalue weighted by molar-refractivity contribution is 7.89. The number of aromatic nitrogens is 1. The molecule has 2 rings (SSSR count). The number of sulfonamides is 1. The second kappa shape index (κ2) is 5.21. The number of H-pyrrole nitrogens is 1.